The first-order chi connectivity index (χ1) is 15.2. The molecule has 0 aliphatic heterocycles. The third-order valence-corrected chi connectivity index (χ3v) is 4.88. The Kier molecular flexibility index (Phi) is 11.6. The molecule has 0 aromatic heterocycles. The third kappa shape index (κ3) is 9.17. The van der Waals surface area contributed by atoms with E-state index < -0.39 is 18.6 Å². The highest BCUT2D eigenvalue weighted by Gasteiger charge is 2.27. The standard InChI is InChI=1S/C22H29F3N4O2S/c1-5-27-11-10-18(28-14-22(23,24)25)7-6-17(13-32-4)21(30)29(15-26)20-9-8-19(31-3)12-16(20)2/h5-9,12,15,26,28H,10-11,13-14H2,1-4H3/b17-6+,18-7-,26-15?,27-5?. The number of halogens is 3. The van der Waals surface area contributed by atoms with E-state index in [-0.39, 0.29) is 6.42 Å². The van der Waals surface area contributed by atoms with Gasteiger partial charge < -0.3 is 10.1 Å². The summed E-state index contributed by atoms with van der Waals surface area (Å²) in [5.41, 5.74) is 1.93. The van der Waals surface area contributed by atoms with Gasteiger partial charge in [0.15, 0.2) is 0 Å². The van der Waals surface area contributed by atoms with Gasteiger partial charge in [0.25, 0.3) is 5.91 Å². The summed E-state index contributed by atoms with van der Waals surface area (Å²) in [6, 6.07) is 5.13. The number of aliphatic imine (C=N–C) groups is 1. The number of allylic oxidation sites excluding steroid dienone is 2. The van der Waals surface area contributed by atoms with Gasteiger partial charge in [0, 0.05) is 30.0 Å². The van der Waals surface area contributed by atoms with Crippen LogP contribution in [0.15, 0.2) is 46.6 Å². The molecule has 0 saturated carbocycles. The molecule has 0 atom stereocenters. The summed E-state index contributed by atoms with van der Waals surface area (Å²) in [6.07, 6.45) is 3.21. The SMILES string of the molecule is CC=NCC/C(=C/C=C(\CSC)C(=O)N(C=N)c1ccc(OC)cc1C)NCC(F)(F)F. The minimum Gasteiger partial charge on any atom is -0.497 e. The Labute approximate surface area is 191 Å². The van der Waals surface area contributed by atoms with Crippen LogP contribution in [0.25, 0.3) is 0 Å². The molecule has 0 bridgehead atoms. The number of hydrogen-bond donors (Lipinski definition) is 2. The molecule has 0 fully saturated rings. The van der Waals surface area contributed by atoms with Crippen LogP contribution >= 0.6 is 11.8 Å². The Balaban J connectivity index is 3.24. The number of ether oxygens (including phenoxy) is 1. The zero-order valence-electron chi connectivity index (χ0n) is 18.6. The number of carbonyl (C=O) groups is 1. The highest BCUT2D eigenvalue weighted by molar-refractivity contribution is 7.98. The van der Waals surface area contributed by atoms with Crippen LogP contribution in [0.5, 0.6) is 5.75 Å². The molecule has 0 radical (unpaired) electrons. The van der Waals surface area contributed by atoms with Crippen LogP contribution in [0.1, 0.15) is 18.9 Å². The number of benzene rings is 1. The Morgan fingerprint density at radius 3 is 2.59 bits per heavy atom. The van der Waals surface area contributed by atoms with Gasteiger partial charge in [-0.15, -0.1) is 0 Å². The number of amides is 1. The lowest BCUT2D eigenvalue weighted by Gasteiger charge is -2.21. The van der Waals surface area contributed by atoms with Crippen molar-refractivity contribution in [3.63, 3.8) is 0 Å². The van der Waals surface area contributed by atoms with Gasteiger partial charge in [-0.05, 0) is 56.2 Å². The molecule has 1 aromatic carbocycles. The van der Waals surface area contributed by atoms with E-state index in [1.807, 2.05) is 6.26 Å². The number of anilines is 1. The molecule has 1 rings (SSSR count). The smallest absolute Gasteiger partial charge is 0.405 e. The van der Waals surface area contributed by atoms with Crippen molar-refractivity contribution in [2.24, 2.45) is 4.99 Å². The predicted molar refractivity (Wildman–Crippen MR) is 126 cm³/mol. The van der Waals surface area contributed by atoms with Crippen molar-refractivity contribution in [3.05, 3.63) is 47.2 Å². The summed E-state index contributed by atoms with van der Waals surface area (Å²) in [5.74, 6) is 0.524. The van der Waals surface area contributed by atoms with E-state index in [1.54, 1.807) is 38.3 Å². The average molecular weight is 471 g/mol. The van der Waals surface area contributed by atoms with E-state index in [2.05, 4.69) is 10.3 Å². The van der Waals surface area contributed by atoms with E-state index in [9.17, 15) is 18.0 Å². The van der Waals surface area contributed by atoms with E-state index in [0.29, 0.717) is 35.0 Å². The first kappa shape index (κ1) is 27.3. The molecular formula is C22H29F3N4O2S. The van der Waals surface area contributed by atoms with Crippen molar-refractivity contribution in [1.82, 2.24) is 5.32 Å². The Morgan fingerprint density at radius 2 is 2.06 bits per heavy atom. The second kappa shape index (κ2) is 13.6. The molecule has 6 nitrogen and oxygen atoms in total. The lowest BCUT2D eigenvalue weighted by molar-refractivity contribution is -0.123. The van der Waals surface area contributed by atoms with Gasteiger partial charge in [-0.25, -0.2) is 0 Å². The molecule has 0 unspecified atom stereocenters. The first-order valence-electron chi connectivity index (χ1n) is 9.79. The number of hydrogen-bond acceptors (Lipinski definition) is 6. The minimum absolute atomic E-state index is 0.267. The number of alkyl halides is 3. The van der Waals surface area contributed by atoms with Crippen LogP contribution in [0.4, 0.5) is 18.9 Å². The van der Waals surface area contributed by atoms with E-state index >= 15 is 0 Å². The summed E-state index contributed by atoms with van der Waals surface area (Å²) < 4.78 is 43.1. The van der Waals surface area contributed by atoms with Crippen LogP contribution in [-0.2, 0) is 4.79 Å². The predicted octanol–water partition coefficient (Wildman–Crippen LogP) is 4.75. The molecule has 10 heteroatoms. The molecule has 2 N–H and O–H groups in total. The van der Waals surface area contributed by atoms with Crippen LogP contribution in [0.2, 0.25) is 0 Å². The summed E-state index contributed by atoms with van der Waals surface area (Å²) >= 11 is 1.40. The fourth-order valence-corrected chi connectivity index (χ4v) is 3.24. The lowest BCUT2D eigenvalue weighted by atomic mass is 10.1. The number of rotatable bonds is 12. The summed E-state index contributed by atoms with van der Waals surface area (Å²) in [4.78, 5) is 18.4. The minimum atomic E-state index is -4.36. The maximum Gasteiger partial charge on any atom is 0.405 e. The van der Waals surface area contributed by atoms with Crippen LogP contribution in [0.3, 0.4) is 0 Å². The monoisotopic (exact) mass is 470 g/mol. The van der Waals surface area contributed by atoms with Crippen molar-refractivity contribution < 1.29 is 22.7 Å². The van der Waals surface area contributed by atoms with Crippen molar-refractivity contribution in [2.75, 3.05) is 37.1 Å². The Morgan fingerprint density at radius 1 is 1.34 bits per heavy atom. The molecule has 0 aliphatic rings. The van der Waals surface area contributed by atoms with Gasteiger partial charge in [-0.3, -0.25) is 20.1 Å². The average Bonchev–Trinajstić information content (AvgIpc) is 2.75. The second-order valence-corrected chi connectivity index (χ2v) is 7.52. The van der Waals surface area contributed by atoms with Gasteiger partial charge in [0.05, 0.1) is 19.1 Å². The molecule has 176 valence electrons. The number of aryl methyl sites for hydroxylation is 1. The molecule has 0 saturated heterocycles. The van der Waals surface area contributed by atoms with Gasteiger partial charge in [0.2, 0.25) is 0 Å². The molecule has 0 heterocycles. The maximum absolute atomic E-state index is 13.2. The first-order valence-corrected chi connectivity index (χ1v) is 11.2. The molecule has 0 spiro atoms. The van der Waals surface area contributed by atoms with Crippen LogP contribution < -0.4 is 15.0 Å². The molecule has 1 amide bonds. The Hall–Kier alpha value is -2.75. The highest BCUT2D eigenvalue weighted by Crippen LogP contribution is 2.26. The third-order valence-electron chi connectivity index (χ3n) is 4.28. The summed E-state index contributed by atoms with van der Waals surface area (Å²) in [5, 5.41) is 10.1. The number of carbonyl (C=O) groups excluding carboxylic acids is 1. The fourth-order valence-electron chi connectivity index (χ4n) is 2.71. The van der Waals surface area contributed by atoms with Gasteiger partial charge in [0.1, 0.15) is 12.3 Å². The van der Waals surface area contributed by atoms with Crippen LogP contribution in [-0.4, -0.2) is 56.8 Å². The largest absolute Gasteiger partial charge is 0.497 e. The quantitative estimate of drug-likeness (QED) is 0.200. The normalized spacial score (nSPS) is 12.7. The highest BCUT2D eigenvalue weighted by atomic mass is 32.2. The molecule has 32 heavy (non-hydrogen) atoms. The van der Waals surface area contributed by atoms with Gasteiger partial charge in [-0.1, -0.05) is 6.08 Å². The Bertz CT molecular complexity index is 867. The zero-order valence-corrected chi connectivity index (χ0v) is 19.4. The summed E-state index contributed by atoms with van der Waals surface area (Å²) in [6.45, 7) is 2.68. The van der Waals surface area contributed by atoms with E-state index in [4.69, 9.17) is 10.1 Å². The zero-order chi connectivity index (χ0) is 24.1. The lowest BCUT2D eigenvalue weighted by Crippen LogP contribution is -2.32. The van der Waals surface area contributed by atoms with Gasteiger partial charge >= 0.3 is 6.18 Å². The van der Waals surface area contributed by atoms with Crippen LogP contribution in [0, 0.1) is 12.3 Å². The topological polar surface area (TPSA) is 77.8 Å². The van der Waals surface area contributed by atoms with E-state index in [0.717, 1.165) is 11.9 Å². The summed E-state index contributed by atoms with van der Waals surface area (Å²) in [7, 11) is 1.54. The van der Waals surface area contributed by atoms with Crippen molar-refractivity contribution in [1.29, 1.82) is 5.41 Å². The number of nitrogens with zero attached hydrogens (tertiary/aromatic N) is 2. The number of thioether (sulfide) groups is 1. The van der Waals surface area contributed by atoms with Crippen molar-refractivity contribution >= 4 is 35.9 Å². The van der Waals surface area contributed by atoms with Crippen molar-refractivity contribution in [3.8, 4) is 5.75 Å². The van der Waals surface area contributed by atoms with Gasteiger partial charge in [-0.2, -0.15) is 24.9 Å². The van der Waals surface area contributed by atoms with Crippen molar-refractivity contribution in [2.45, 2.75) is 26.4 Å². The number of nitrogens with one attached hydrogen (secondary N) is 2. The molecule has 1 aromatic rings. The maximum atomic E-state index is 13.2. The number of methoxy groups -OCH3 is 1. The van der Waals surface area contributed by atoms with E-state index in [1.165, 1.54) is 35.9 Å². The fraction of sp³-hybridized carbons (Fsp3) is 0.409. The molecule has 0 aliphatic carbocycles. The molecular weight excluding hydrogens is 441 g/mol. The second-order valence-electron chi connectivity index (χ2n) is 6.66.